The summed E-state index contributed by atoms with van der Waals surface area (Å²) in [6, 6.07) is 15.0. The second kappa shape index (κ2) is 11.9. The third-order valence-electron chi connectivity index (χ3n) is 5.59. The lowest BCUT2D eigenvalue weighted by atomic mass is 10.0. The molecule has 1 saturated heterocycles. The molecular weight excluding hydrogens is 559 g/mol. The minimum Gasteiger partial charge on any atom is -0.455 e. The maximum atomic E-state index is 13.4. The molecular formula is C28H26Cl2N4O6. The van der Waals surface area contributed by atoms with Gasteiger partial charge >= 0.3 is 12.1 Å². The molecule has 0 saturated carbocycles. The number of carbonyl (C=O) groups is 4. The second-order valence-electron chi connectivity index (χ2n) is 9.87. The first-order valence-corrected chi connectivity index (χ1v) is 13.0. The van der Waals surface area contributed by atoms with Crippen molar-refractivity contribution in [3.05, 3.63) is 82.0 Å². The Kier molecular flexibility index (Phi) is 8.61. The summed E-state index contributed by atoms with van der Waals surface area (Å²) in [7, 11) is 0. The van der Waals surface area contributed by atoms with E-state index in [1.165, 1.54) is 6.21 Å². The number of amides is 5. The molecule has 2 heterocycles. The molecule has 1 aliphatic heterocycles. The van der Waals surface area contributed by atoms with Crippen LogP contribution in [0.1, 0.15) is 32.1 Å². The molecule has 1 unspecified atom stereocenters. The number of hydrogen-bond acceptors (Lipinski definition) is 7. The lowest BCUT2D eigenvalue weighted by Crippen LogP contribution is -2.52. The number of nitrogens with zero attached hydrogens (tertiary/aromatic N) is 3. The van der Waals surface area contributed by atoms with Crippen LogP contribution in [0.15, 0.2) is 70.2 Å². The summed E-state index contributed by atoms with van der Waals surface area (Å²) in [5.74, 6) is -0.910. The van der Waals surface area contributed by atoms with E-state index in [1.807, 2.05) is 0 Å². The van der Waals surface area contributed by atoms with E-state index in [2.05, 4.69) is 10.4 Å². The van der Waals surface area contributed by atoms with E-state index in [4.69, 9.17) is 32.4 Å². The molecule has 0 radical (unpaired) electrons. The molecule has 5 amide bonds. The van der Waals surface area contributed by atoms with Crippen molar-refractivity contribution in [3.63, 3.8) is 0 Å². The van der Waals surface area contributed by atoms with E-state index in [1.54, 1.807) is 81.4 Å². The quantitative estimate of drug-likeness (QED) is 0.288. The topological polar surface area (TPSA) is 122 Å². The van der Waals surface area contributed by atoms with Crippen LogP contribution in [0.2, 0.25) is 10.0 Å². The summed E-state index contributed by atoms with van der Waals surface area (Å²) in [6.07, 6.45) is 0.426. The van der Waals surface area contributed by atoms with Crippen LogP contribution in [-0.4, -0.2) is 58.2 Å². The van der Waals surface area contributed by atoms with Gasteiger partial charge in [-0.1, -0.05) is 53.5 Å². The van der Waals surface area contributed by atoms with Gasteiger partial charge in [-0.05, 0) is 56.7 Å². The first kappa shape index (κ1) is 28.8. The third-order valence-corrected chi connectivity index (χ3v) is 6.33. The zero-order valence-corrected chi connectivity index (χ0v) is 23.4. The van der Waals surface area contributed by atoms with Crippen LogP contribution in [-0.2, 0) is 20.7 Å². The second-order valence-corrected chi connectivity index (χ2v) is 10.7. The summed E-state index contributed by atoms with van der Waals surface area (Å²) in [5.41, 5.74) is 0.572. The largest absolute Gasteiger partial charge is 0.455 e. The van der Waals surface area contributed by atoms with Crippen molar-refractivity contribution in [2.24, 2.45) is 5.10 Å². The van der Waals surface area contributed by atoms with E-state index in [-0.39, 0.29) is 6.42 Å². The molecule has 0 bridgehead atoms. The van der Waals surface area contributed by atoms with Crippen molar-refractivity contribution in [2.75, 3.05) is 6.54 Å². The molecule has 0 aliphatic carbocycles. The predicted octanol–water partition coefficient (Wildman–Crippen LogP) is 5.51. The van der Waals surface area contributed by atoms with Crippen LogP contribution in [0.25, 0.3) is 11.3 Å². The number of imide groups is 3. The fraction of sp³-hybridized carbons (Fsp3) is 0.250. The average molecular weight is 585 g/mol. The minimum absolute atomic E-state index is 0.0309. The first-order valence-electron chi connectivity index (χ1n) is 12.2. The Hall–Kier alpha value is -4.15. The number of benzene rings is 2. The van der Waals surface area contributed by atoms with Gasteiger partial charge in [0.05, 0.1) is 16.3 Å². The normalized spacial score (nSPS) is 14.6. The van der Waals surface area contributed by atoms with E-state index in [9.17, 15) is 19.2 Å². The van der Waals surface area contributed by atoms with Gasteiger partial charge in [0.15, 0.2) is 0 Å². The van der Waals surface area contributed by atoms with Crippen molar-refractivity contribution in [3.8, 4) is 11.3 Å². The monoisotopic (exact) mass is 584 g/mol. The van der Waals surface area contributed by atoms with Crippen molar-refractivity contribution >= 4 is 53.4 Å². The summed E-state index contributed by atoms with van der Waals surface area (Å²) in [6.45, 7) is 4.57. The zero-order chi connectivity index (χ0) is 29.0. The highest BCUT2D eigenvalue weighted by Crippen LogP contribution is 2.29. The number of hydrogen-bond donors (Lipinski definition) is 1. The standard InChI is InChI=1S/C28H26Cl2N4O6/c1-28(2,3)40-26(37)32-22(13-17-7-5-4-6-8-17)25(36)34-24(35)16-33(27(34)38)31-15-19-10-12-23(39-19)18-9-11-20(29)21(30)14-18/h4-12,14-15,22H,13,16H2,1-3H3,(H,32,37)/b31-15+. The maximum Gasteiger partial charge on any atom is 0.408 e. The number of nitrogens with one attached hydrogen (secondary N) is 1. The van der Waals surface area contributed by atoms with Gasteiger partial charge in [0.1, 0.15) is 29.7 Å². The Morgan fingerprint density at radius 2 is 1.80 bits per heavy atom. The Bertz CT molecular complexity index is 1460. The van der Waals surface area contributed by atoms with Crippen LogP contribution in [0, 0.1) is 0 Å². The summed E-state index contributed by atoms with van der Waals surface area (Å²) < 4.78 is 11.0. The molecule has 208 valence electrons. The number of urea groups is 1. The van der Waals surface area contributed by atoms with Crippen LogP contribution < -0.4 is 5.32 Å². The van der Waals surface area contributed by atoms with Crippen LogP contribution in [0.5, 0.6) is 0 Å². The van der Waals surface area contributed by atoms with Gasteiger partial charge in [-0.15, -0.1) is 0 Å². The molecule has 40 heavy (non-hydrogen) atoms. The summed E-state index contributed by atoms with van der Waals surface area (Å²) >= 11 is 12.0. The van der Waals surface area contributed by atoms with Crippen LogP contribution in [0.3, 0.4) is 0 Å². The molecule has 1 aromatic heterocycles. The Balaban J connectivity index is 1.49. The van der Waals surface area contributed by atoms with Crippen molar-refractivity contribution in [1.82, 2.24) is 15.2 Å². The van der Waals surface area contributed by atoms with Gasteiger partial charge < -0.3 is 14.5 Å². The number of furan rings is 1. The Labute approximate surface area is 240 Å². The average Bonchev–Trinajstić information content (AvgIpc) is 3.47. The first-order chi connectivity index (χ1) is 18.9. The number of rotatable bonds is 7. The minimum atomic E-state index is -1.24. The van der Waals surface area contributed by atoms with Gasteiger partial charge in [-0.3, -0.25) is 9.59 Å². The van der Waals surface area contributed by atoms with E-state index < -0.39 is 42.1 Å². The van der Waals surface area contributed by atoms with Crippen molar-refractivity contribution in [1.29, 1.82) is 0 Å². The number of carbonyl (C=O) groups excluding carboxylic acids is 4. The fourth-order valence-corrected chi connectivity index (χ4v) is 4.10. The van der Waals surface area contributed by atoms with Crippen LogP contribution in [0.4, 0.5) is 9.59 Å². The maximum absolute atomic E-state index is 13.4. The van der Waals surface area contributed by atoms with Gasteiger partial charge in [-0.25, -0.2) is 14.6 Å². The lowest BCUT2D eigenvalue weighted by molar-refractivity contribution is -0.139. The SMILES string of the molecule is CC(C)(C)OC(=O)NC(Cc1ccccc1)C(=O)N1C(=O)CN(/N=C/c2ccc(-c3ccc(Cl)c(Cl)c3)o2)C1=O. The van der Waals surface area contributed by atoms with Crippen LogP contribution >= 0.6 is 23.2 Å². The van der Waals surface area contributed by atoms with E-state index in [0.29, 0.717) is 37.6 Å². The lowest BCUT2D eigenvalue weighted by Gasteiger charge is -2.24. The molecule has 4 rings (SSSR count). The highest BCUT2D eigenvalue weighted by molar-refractivity contribution is 6.42. The van der Waals surface area contributed by atoms with Crippen molar-refractivity contribution in [2.45, 2.75) is 38.8 Å². The molecule has 1 fully saturated rings. The van der Waals surface area contributed by atoms with E-state index >= 15 is 0 Å². The molecule has 12 heteroatoms. The third kappa shape index (κ3) is 7.08. The Morgan fingerprint density at radius 1 is 1.07 bits per heavy atom. The highest BCUT2D eigenvalue weighted by Gasteiger charge is 2.44. The fourth-order valence-electron chi connectivity index (χ4n) is 3.80. The Morgan fingerprint density at radius 3 is 2.48 bits per heavy atom. The van der Waals surface area contributed by atoms with E-state index in [0.717, 1.165) is 5.01 Å². The number of ether oxygens (including phenoxy) is 1. The smallest absolute Gasteiger partial charge is 0.408 e. The van der Waals surface area contributed by atoms with Gasteiger partial charge in [0.25, 0.3) is 11.8 Å². The molecule has 0 spiro atoms. The highest BCUT2D eigenvalue weighted by atomic mass is 35.5. The molecule has 1 aliphatic rings. The zero-order valence-electron chi connectivity index (χ0n) is 21.9. The van der Waals surface area contributed by atoms with Crippen molar-refractivity contribution < 1.29 is 28.3 Å². The summed E-state index contributed by atoms with van der Waals surface area (Å²) in [5, 5.41) is 8.14. The summed E-state index contributed by atoms with van der Waals surface area (Å²) in [4.78, 5) is 52.1. The molecule has 10 nitrogen and oxygen atoms in total. The number of halogens is 2. The van der Waals surface area contributed by atoms with Gasteiger partial charge in [0.2, 0.25) is 0 Å². The van der Waals surface area contributed by atoms with Gasteiger partial charge in [-0.2, -0.15) is 10.0 Å². The number of alkyl carbamates (subject to hydrolysis) is 1. The molecule has 3 aromatic rings. The predicted molar refractivity (Wildman–Crippen MR) is 149 cm³/mol. The molecule has 1 N–H and O–H groups in total. The molecule has 2 aromatic carbocycles. The molecule has 1 atom stereocenters. The van der Waals surface area contributed by atoms with Gasteiger partial charge in [0, 0.05) is 12.0 Å². The number of hydrazone groups is 1.